The Morgan fingerprint density at radius 3 is 2.66 bits per heavy atom. The lowest BCUT2D eigenvalue weighted by atomic mass is 9.66. The molecule has 3 aromatic rings. The van der Waals surface area contributed by atoms with Crippen LogP contribution in [0.15, 0.2) is 57.4 Å². The summed E-state index contributed by atoms with van der Waals surface area (Å²) >= 11 is 9.62. The van der Waals surface area contributed by atoms with E-state index in [0.717, 1.165) is 34.9 Å². The summed E-state index contributed by atoms with van der Waals surface area (Å²) in [6, 6.07) is 15.2. The average Bonchev–Trinajstić information content (AvgIpc) is 3.14. The summed E-state index contributed by atoms with van der Waals surface area (Å²) in [4.78, 5) is 17.0. The minimum atomic E-state index is -0.881. The van der Waals surface area contributed by atoms with Crippen molar-refractivity contribution in [1.29, 1.82) is 0 Å². The van der Waals surface area contributed by atoms with Crippen molar-refractivity contribution < 1.29 is 14.3 Å². The van der Waals surface area contributed by atoms with Crippen LogP contribution in [0.3, 0.4) is 0 Å². The molecule has 0 spiro atoms. The molecule has 0 saturated heterocycles. The highest BCUT2D eigenvalue weighted by Gasteiger charge is 2.46. The molecule has 1 aliphatic rings. The second kappa shape index (κ2) is 7.96. The minimum absolute atomic E-state index is 0.243. The maximum atomic E-state index is 12.2. The Bertz CT molecular complexity index is 1050. The number of rotatable bonds is 4. The van der Waals surface area contributed by atoms with Gasteiger partial charge in [-0.1, -0.05) is 58.6 Å². The lowest BCUT2D eigenvalue weighted by Gasteiger charge is -2.36. The lowest BCUT2D eigenvalue weighted by Crippen LogP contribution is -2.37. The number of aromatic nitrogens is 1. The van der Waals surface area contributed by atoms with Crippen LogP contribution in [-0.4, -0.2) is 16.1 Å². The van der Waals surface area contributed by atoms with Crippen molar-refractivity contribution in [2.45, 2.75) is 38.5 Å². The third-order valence-corrected chi connectivity index (χ3v) is 6.62. The highest BCUT2D eigenvalue weighted by molar-refractivity contribution is 9.10. The highest BCUT2D eigenvalue weighted by atomic mass is 79.9. The van der Waals surface area contributed by atoms with Crippen LogP contribution in [0.2, 0.25) is 5.02 Å². The molecule has 2 aromatic carbocycles. The second-order valence-corrected chi connectivity index (χ2v) is 9.12. The average molecular weight is 475 g/mol. The van der Waals surface area contributed by atoms with Gasteiger partial charge in [0.2, 0.25) is 5.89 Å². The van der Waals surface area contributed by atoms with Gasteiger partial charge in [0, 0.05) is 26.5 Å². The second-order valence-electron chi connectivity index (χ2n) is 7.77. The van der Waals surface area contributed by atoms with Crippen LogP contribution in [0.25, 0.3) is 22.7 Å². The predicted molar refractivity (Wildman–Crippen MR) is 117 cm³/mol. The number of halogens is 2. The molecule has 0 radical (unpaired) electrons. The normalized spacial score (nSPS) is 21.8. The maximum Gasteiger partial charge on any atom is 0.310 e. The minimum Gasteiger partial charge on any atom is -0.481 e. The van der Waals surface area contributed by atoms with E-state index in [0.29, 0.717) is 28.8 Å². The Kier molecular flexibility index (Phi) is 5.54. The number of benzene rings is 2. The van der Waals surface area contributed by atoms with Gasteiger partial charge in [-0.3, -0.25) is 4.79 Å². The smallest absolute Gasteiger partial charge is 0.310 e. The molecule has 0 bridgehead atoms. The first-order chi connectivity index (χ1) is 13.9. The lowest BCUT2D eigenvalue weighted by molar-refractivity contribution is -0.151. The standard InChI is InChI=1S/C23H21BrClNO3/c1-23(22(27)28)12-3-2-7-18(23)20-19(14-8-10-16(24)11-9-14)26-21(29-20)15-5-4-6-17(25)13-15/h4-6,8-11,13,18H,2-3,7,12H2,1H3,(H,27,28)/t18-,23+/m0/s1. The maximum absolute atomic E-state index is 12.2. The van der Waals surface area contributed by atoms with Gasteiger partial charge < -0.3 is 9.52 Å². The van der Waals surface area contributed by atoms with Crippen LogP contribution in [0.1, 0.15) is 44.3 Å². The molecule has 1 aliphatic carbocycles. The number of carboxylic acid groups (broad SMARTS) is 1. The van der Waals surface area contributed by atoms with E-state index in [1.807, 2.05) is 43.3 Å². The number of carbonyl (C=O) groups is 1. The number of hydrogen-bond acceptors (Lipinski definition) is 3. The SMILES string of the molecule is C[C@@]1(C(=O)O)CCCC[C@H]1c1oc(-c2cccc(Cl)c2)nc1-c1ccc(Br)cc1. The van der Waals surface area contributed by atoms with Crippen LogP contribution in [-0.2, 0) is 4.79 Å². The molecule has 1 aromatic heterocycles. The number of hydrogen-bond donors (Lipinski definition) is 1. The van der Waals surface area contributed by atoms with Crippen molar-refractivity contribution in [3.8, 4) is 22.7 Å². The number of aliphatic carboxylic acids is 1. The van der Waals surface area contributed by atoms with Gasteiger partial charge in [-0.2, -0.15) is 0 Å². The molecule has 0 amide bonds. The van der Waals surface area contributed by atoms with Gasteiger partial charge in [-0.15, -0.1) is 0 Å². The van der Waals surface area contributed by atoms with E-state index in [9.17, 15) is 9.90 Å². The van der Waals surface area contributed by atoms with Gasteiger partial charge in [0.1, 0.15) is 11.5 Å². The van der Waals surface area contributed by atoms with E-state index in [1.165, 1.54) is 0 Å². The summed E-state index contributed by atoms with van der Waals surface area (Å²) < 4.78 is 7.25. The number of nitrogens with zero attached hydrogens (tertiary/aromatic N) is 1. The van der Waals surface area contributed by atoms with Crippen molar-refractivity contribution in [2.24, 2.45) is 5.41 Å². The van der Waals surface area contributed by atoms with Crippen molar-refractivity contribution in [2.75, 3.05) is 0 Å². The van der Waals surface area contributed by atoms with E-state index in [2.05, 4.69) is 15.9 Å². The fraction of sp³-hybridized carbons (Fsp3) is 0.304. The highest BCUT2D eigenvalue weighted by Crippen LogP contribution is 2.50. The van der Waals surface area contributed by atoms with Crippen LogP contribution in [0.4, 0.5) is 0 Å². The molecule has 1 fully saturated rings. The molecule has 0 unspecified atom stereocenters. The Balaban J connectivity index is 1.89. The molecule has 1 heterocycles. The summed E-state index contributed by atoms with van der Waals surface area (Å²) in [6.07, 6.45) is 3.26. The summed E-state index contributed by atoms with van der Waals surface area (Å²) in [7, 11) is 0. The number of oxazole rings is 1. The van der Waals surface area contributed by atoms with Gasteiger partial charge in [0.05, 0.1) is 5.41 Å². The van der Waals surface area contributed by atoms with Crippen molar-refractivity contribution in [3.05, 3.63) is 63.8 Å². The van der Waals surface area contributed by atoms with Crippen LogP contribution in [0.5, 0.6) is 0 Å². The fourth-order valence-corrected chi connectivity index (χ4v) is 4.59. The van der Waals surface area contributed by atoms with E-state index in [-0.39, 0.29) is 5.92 Å². The third-order valence-electron chi connectivity index (χ3n) is 5.86. The Labute approximate surface area is 183 Å². The molecule has 1 saturated carbocycles. The zero-order valence-corrected chi connectivity index (χ0v) is 18.3. The molecule has 4 rings (SSSR count). The van der Waals surface area contributed by atoms with Crippen LogP contribution in [0, 0.1) is 5.41 Å². The Hall–Kier alpha value is -2.11. The monoisotopic (exact) mass is 473 g/mol. The van der Waals surface area contributed by atoms with Gasteiger partial charge in [0.25, 0.3) is 0 Å². The summed E-state index contributed by atoms with van der Waals surface area (Å²) in [5.74, 6) is 0.0723. The molecular weight excluding hydrogens is 454 g/mol. The van der Waals surface area contributed by atoms with Gasteiger partial charge in [0.15, 0.2) is 0 Å². The van der Waals surface area contributed by atoms with Crippen molar-refractivity contribution >= 4 is 33.5 Å². The molecule has 1 N–H and O–H groups in total. The fourth-order valence-electron chi connectivity index (χ4n) is 4.14. The van der Waals surface area contributed by atoms with Gasteiger partial charge in [-0.05, 0) is 50.1 Å². The molecule has 0 aliphatic heterocycles. The number of carboxylic acids is 1. The topological polar surface area (TPSA) is 63.3 Å². The first-order valence-electron chi connectivity index (χ1n) is 9.64. The molecule has 29 heavy (non-hydrogen) atoms. The van der Waals surface area contributed by atoms with Crippen molar-refractivity contribution in [3.63, 3.8) is 0 Å². The van der Waals surface area contributed by atoms with Crippen LogP contribution < -0.4 is 0 Å². The first kappa shape index (κ1) is 20.2. The molecule has 2 atom stereocenters. The first-order valence-corrected chi connectivity index (χ1v) is 10.8. The van der Waals surface area contributed by atoms with Crippen LogP contribution >= 0.6 is 27.5 Å². The van der Waals surface area contributed by atoms with Gasteiger partial charge in [-0.25, -0.2) is 4.98 Å². The Morgan fingerprint density at radius 2 is 1.97 bits per heavy atom. The molecule has 4 nitrogen and oxygen atoms in total. The van der Waals surface area contributed by atoms with E-state index in [1.54, 1.807) is 12.1 Å². The van der Waals surface area contributed by atoms with E-state index < -0.39 is 11.4 Å². The summed E-state index contributed by atoms with van der Waals surface area (Å²) in [5.41, 5.74) is 1.49. The van der Waals surface area contributed by atoms with E-state index in [4.69, 9.17) is 21.0 Å². The predicted octanol–water partition coefficient (Wildman–Crippen LogP) is 7.17. The summed E-state index contributed by atoms with van der Waals surface area (Å²) in [5, 5.41) is 10.6. The summed E-state index contributed by atoms with van der Waals surface area (Å²) in [6.45, 7) is 1.83. The molecule has 150 valence electrons. The quantitative estimate of drug-likeness (QED) is 0.435. The molecule has 6 heteroatoms. The zero-order valence-electron chi connectivity index (χ0n) is 16.0. The van der Waals surface area contributed by atoms with E-state index >= 15 is 0 Å². The largest absolute Gasteiger partial charge is 0.481 e. The van der Waals surface area contributed by atoms with Gasteiger partial charge >= 0.3 is 5.97 Å². The Morgan fingerprint density at radius 1 is 1.21 bits per heavy atom. The van der Waals surface area contributed by atoms with Crippen molar-refractivity contribution in [1.82, 2.24) is 4.98 Å². The zero-order chi connectivity index (χ0) is 20.6. The third kappa shape index (κ3) is 3.86. The molecular formula is C23H21BrClNO3.